The van der Waals surface area contributed by atoms with Crippen molar-refractivity contribution in [3.8, 4) is 0 Å². The monoisotopic (exact) mass is 355 g/mol. The molecule has 0 atom stereocenters. The van der Waals surface area contributed by atoms with Gasteiger partial charge in [-0.1, -0.05) is 6.92 Å². The second-order valence-electron chi connectivity index (χ2n) is 3.40. The summed E-state index contributed by atoms with van der Waals surface area (Å²) >= 11 is 0. The van der Waals surface area contributed by atoms with Gasteiger partial charge in [-0.2, -0.15) is 0 Å². The number of imide groups is 1. The summed E-state index contributed by atoms with van der Waals surface area (Å²) in [7, 11) is 0. The molecule has 4 N–H and O–H groups in total. The molecule has 8 heteroatoms. The third kappa shape index (κ3) is 5.20. The number of carbonyl (C=O) groups excluding carboxylic acids is 2. The fourth-order valence-corrected chi connectivity index (χ4v) is 1.27. The molecule has 0 aromatic carbocycles. The minimum Gasteiger partial charge on any atom is -0.370 e. The van der Waals surface area contributed by atoms with Crippen molar-refractivity contribution in [3.05, 3.63) is 0 Å². The predicted octanol–water partition coefficient (Wildman–Crippen LogP) is -0.529. The molecule has 0 bridgehead atoms. The molecule has 0 radical (unpaired) electrons. The Balaban J connectivity index is 0.00000256. The van der Waals surface area contributed by atoms with E-state index in [0.717, 1.165) is 11.3 Å². The predicted molar refractivity (Wildman–Crippen MR) is 75.3 cm³/mol. The lowest BCUT2D eigenvalue weighted by atomic mass is 10.5. The van der Waals surface area contributed by atoms with E-state index in [0.29, 0.717) is 25.6 Å². The Labute approximate surface area is 117 Å². The number of guanidine groups is 1. The molecule has 0 aromatic rings. The summed E-state index contributed by atoms with van der Waals surface area (Å²) in [5.74, 6) is 0.129. The molecule has 1 heterocycles. The van der Waals surface area contributed by atoms with Gasteiger partial charge < -0.3 is 16.4 Å². The summed E-state index contributed by atoms with van der Waals surface area (Å²) in [6, 6.07) is -0.351. The van der Waals surface area contributed by atoms with Crippen LogP contribution in [0.15, 0.2) is 4.99 Å². The van der Waals surface area contributed by atoms with Crippen molar-refractivity contribution >= 4 is 41.9 Å². The summed E-state index contributed by atoms with van der Waals surface area (Å²) in [6.45, 7) is 3.47. The maximum Gasteiger partial charge on any atom is 0.324 e. The maximum atomic E-state index is 11.2. The van der Waals surface area contributed by atoms with Crippen LogP contribution in [0.25, 0.3) is 0 Å². The highest BCUT2D eigenvalue weighted by Gasteiger charge is 2.27. The molecular weight excluding hydrogens is 337 g/mol. The number of hydrogen-bond donors (Lipinski definition) is 3. The number of halogens is 1. The van der Waals surface area contributed by atoms with Crippen LogP contribution in [0.2, 0.25) is 0 Å². The zero-order chi connectivity index (χ0) is 12.0. The summed E-state index contributed by atoms with van der Waals surface area (Å²) in [5, 5.41) is 5.28. The summed E-state index contributed by atoms with van der Waals surface area (Å²) in [5.41, 5.74) is 5.55. The lowest BCUT2D eigenvalue weighted by Crippen LogP contribution is -2.41. The second-order valence-corrected chi connectivity index (χ2v) is 3.40. The van der Waals surface area contributed by atoms with Crippen molar-refractivity contribution in [2.24, 2.45) is 10.7 Å². The molecule has 0 unspecified atom stereocenters. The molecule has 98 valence electrons. The molecule has 1 saturated heterocycles. The van der Waals surface area contributed by atoms with E-state index in [1.54, 1.807) is 0 Å². The molecule has 1 rings (SSSR count). The van der Waals surface area contributed by atoms with E-state index < -0.39 is 0 Å². The van der Waals surface area contributed by atoms with Crippen LogP contribution in [0, 0.1) is 0 Å². The van der Waals surface area contributed by atoms with E-state index >= 15 is 0 Å². The van der Waals surface area contributed by atoms with Crippen LogP contribution >= 0.6 is 24.0 Å². The highest BCUT2D eigenvalue weighted by molar-refractivity contribution is 14.0. The van der Waals surface area contributed by atoms with Gasteiger partial charge in [-0.3, -0.25) is 14.7 Å². The van der Waals surface area contributed by atoms with E-state index in [2.05, 4.69) is 15.6 Å². The van der Waals surface area contributed by atoms with Crippen LogP contribution in [0.5, 0.6) is 0 Å². The first-order chi connectivity index (χ1) is 7.65. The number of hydrogen-bond acceptors (Lipinski definition) is 3. The van der Waals surface area contributed by atoms with Gasteiger partial charge in [-0.25, -0.2) is 4.79 Å². The van der Waals surface area contributed by atoms with Gasteiger partial charge in [0.15, 0.2) is 5.96 Å². The topological polar surface area (TPSA) is 99.8 Å². The van der Waals surface area contributed by atoms with Gasteiger partial charge in [0, 0.05) is 19.6 Å². The number of nitrogens with zero attached hydrogens (tertiary/aromatic N) is 2. The van der Waals surface area contributed by atoms with Gasteiger partial charge in [0.2, 0.25) is 5.91 Å². The zero-order valence-corrected chi connectivity index (χ0v) is 12.1. The third-order valence-electron chi connectivity index (χ3n) is 2.08. The van der Waals surface area contributed by atoms with E-state index in [9.17, 15) is 9.59 Å². The highest BCUT2D eigenvalue weighted by atomic mass is 127. The molecule has 0 aromatic heterocycles. The van der Waals surface area contributed by atoms with Crippen LogP contribution in [0.4, 0.5) is 4.79 Å². The minimum atomic E-state index is -0.351. The lowest BCUT2D eigenvalue weighted by Gasteiger charge is -2.12. The van der Waals surface area contributed by atoms with Crippen LogP contribution in [-0.2, 0) is 4.79 Å². The Bertz CT molecular complexity index is 292. The van der Waals surface area contributed by atoms with Crippen LogP contribution in [0.1, 0.15) is 13.3 Å². The maximum absolute atomic E-state index is 11.2. The highest BCUT2D eigenvalue weighted by Crippen LogP contribution is 1.96. The number of urea groups is 1. The lowest BCUT2D eigenvalue weighted by molar-refractivity contribution is -0.124. The molecule has 1 aliphatic heterocycles. The average Bonchev–Trinajstić information content (AvgIpc) is 2.57. The normalized spacial score (nSPS) is 15.6. The first kappa shape index (κ1) is 15.9. The van der Waals surface area contributed by atoms with Crippen LogP contribution < -0.4 is 16.4 Å². The molecule has 0 spiro atoms. The van der Waals surface area contributed by atoms with Crippen LogP contribution in [-0.4, -0.2) is 49.0 Å². The number of aliphatic imine (C=N–C) groups is 1. The summed E-state index contributed by atoms with van der Waals surface area (Å²) < 4.78 is 0. The number of amides is 3. The minimum absolute atomic E-state index is 0. The Hall–Kier alpha value is -1.06. The quantitative estimate of drug-likeness (QED) is 0.267. The van der Waals surface area contributed by atoms with Crippen LogP contribution in [0.3, 0.4) is 0 Å². The standard InChI is InChI=1S/C9H17N5O2.HI/c1-2-3-11-8(10)12-4-5-14-7(15)6-13-9(14)16;/h2-6H2,1H3,(H,13,16)(H3,10,11,12);1H. The first-order valence-electron chi connectivity index (χ1n) is 5.27. The molecule has 7 nitrogen and oxygen atoms in total. The Kier molecular flexibility index (Phi) is 7.59. The number of rotatable bonds is 5. The van der Waals surface area contributed by atoms with E-state index in [-0.39, 0.29) is 42.5 Å². The molecule has 3 amide bonds. The Morgan fingerprint density at radius 1 is 1.59 bits per heavy atom. The van der Waals surface area contributed by atoms with E-state index in [1.807, 2.05) is 6.92 Å². The Morgan fingerprint density at radius 2 is 2.29 bits per heavy atom. The van der Waals surface area contributed by atoms with Gasteiger partial charge in [0.1, 0.15) is 0 Å². The largest absolute Gasteiger partial charge is 0.370 e. The van der Waals surface area contributed by atoms with E-state index in [4.69, 9.17) is 5.73 Å². The molecular formula is C9H18IN5O2. The summed E-state index contributed by atoms with van der Waals surface area (Å²) in [4.78, 5) is 27.5. The smallest absolute Gasteiger partial charge is 0.324 e. The van der Waals surface area contributed by atoms with Crippen molar-refractivity contribution in [2.75, 3.05) is 26.2 Å². The van der Waals surface area contributed by atoms with Crippen molar-refractivity contribution in [1.29, 1.82) is 0 Å². The number of carbonyl (C=O) groups is 2. The van der Waals surface area contributed by atoms with Gasteiger partial charge in [0.05, 0.1) is 6.54 Å². The third-order valence-corrected chi connectivity index (χ3v) is 2.08. The van der Waals surface area contributed by atoms with Gasteiger partial charge in [-0.05, 0) is 6.42 Å². The van der Waals surface area contributed by atoms with Crippen molar-refractivity contribution in [3.63, 3.8) is 0 Å². The SMILES string of the molecule is CCCN=C(N)NCCN1C(=O)CNC1=O.I. The molecule has 1 aliphatic rings. The number of nitrogens with one attached hydrogen (secondary N) is 2. The first-order valence-corrected chi connectivity index (χ1v) is 5.27. The molecule has 17 heavy (non-hydrogen) atoms. The summed E-state index contributed by atoms with van der Waals surface area (Å²) in [6.07, 6.45) is 0.926. The fraction of sp³-hybridized carbons (Fsp3) is 0.667. The van der Waals surface area contributed by atoms with E-state index in [1.165, 1.54) is 0 Å². The fourth-order valence-electron chi connectivity index (χ4n) is 1.27. The number of nitrogens with two attached hydrogens (primary N) is 1. The van der Waals surface area contributed by atoms with Gasteiger partial charge in [-0.15, -0.1) is 24.0 Å². The van der Waals surface area contributed by atoms with Crippen molar-refractivity contribution < 1.29 is 9.59 Å². The van der Waals surface area contributed by atoms with Gasteiger partial charge in [0.25, 0.3) is 0 Å². The van der Waals surface area contributed by atoms with Crippen molar-refractivity contribution in [2.45, 2.75) is 13.3 Å². The molecule has 0 saturated carbocycles. The van der Waals surface area contributed by atoms with Crippen molar-refractivity contribution in [1.82, 2.24) is 15.5 Å². The molecule has 1 fully saturated rings. The Morgan fingerprint density at radius 3 is 2.82 bits per heavy atom. The molecule has 0 aliphatic carbocycles. The second kappa shape index (κ2) is 8.09. The van der Waals surface area contributed by atoms with Gasteiger partial charge >= 0.3 is 6.03 Å². The zero-order valence-electron chi connectivity index (χ0n) is 9.73. The average molecular weight is 355 g/mol.